The number of rotatable bonds is 7. The van der Waals surface area contributed by atoms with E-state index in [2.05, 4.69) is 51.2 Å². The fourth-order valence-corrected chi connectivity index (χ4v) is 1.65. The van der Waals surface area contributed by atoms with Crippen LogP contribution in [0.1, 0.15) is 52.6 Å². The Morgan fingerprint density at radius 3 is 2.78 bits per heavy atom. The van der Waals surface area contributed by atoms with Gasteiger partial charge in [-0.25, -0.2) is 0 Å². The first-order valence-electron chi connectivity index (χ1n) is 6.82. The van der Waals surface area contributed by atoms with Gasteiger partial charge in [0.2, 0.25) is 0 Å². The molecule has 18 heavy (non-hydrogen) atoms. The van der Waals surface area contributed by atoms with Crippen molar-refractivity contribution < 1.29 is 4.74 Å². The van der Waals surface area contributed by atoms with Crippen LogP contribution in [0.2, 0.25) is 0 Å². The number of hydrogen-bond donors (Lipinski definition) is 1. The van der Waals surface area contributed by atoms with Crippen molar-refractivity contribution >= 4 is 0 Å². The molecule has 0 amide bonds. The van der Waals surface area contributed by atoms with Crippen molar-refractivity contribution in [2.24, 2.45) is 0 Å². The van der Waals surface area contributed by atoms with Crippen LogP contribution in [0.25, 0.3) is 0 Å². The smallest absolute Gasteiger partial charge is 0.0669 e. The topological polar surface area (TPSA) is 39.1 Å². The average Bonchev–Trinajstić information content (AvgIpc) is 2.73. The predicted molar refractivity (Wildman–Crippen MR) is 74.6 cm³/mol. The van der Waals surface area contributed by atoms with Crippen LogP contribution in [0, 0.1) is 0 Å². The third-order valence-electron chi connectivity index (χ3n) is 2.71. The van der Waals surface area contributed by atoms with E-state index in [0.29, 0.717) is 12.6 Å². The van der Waals surface area contributed by atoms with Crippen LogP contribution in [-0.4, -0.2) is 28.5 Å². The first-order valence-corrected chi connectivity index (χ1v) is 6.82. The zero-order valence-electron chi connectivity index (χ0n) is 12.4. The van der Waals surface area contributed by atoms with Crippen LogP contribution >= 0.6 is 0 Å². The van der Waals surface area contributed by atoms with Gasteiger partial charge in [0.15, 0.2) is 0 Å². The lowest BCUT2D eigenvalue weighted by atomic mass is 10.2. The normalized spacial score (nSPS) is 13.8. The summed E-state index contributed by atoms with van der Waals surface area (Å²) in [5.74, 6) is 0. The quantitative estimate of drug-likeness (QED) is 0.812. The van der Waals surface area contributed by atoms with Crippen molar-refractivity contribution in [2.75, 3.05) is 13.2 Å². The fraction of sp³-hybridized carbons (Fsp3) is 0.786. The number of nitrogens with one attached hydrogen (secondary N) is 1. The molecule has 0 spiro atoms. The zero-order valence-corrected chi connectivity index (χ0v) is 12.4. The van der Waals surface area contributed by atoms with Gasteiger partial charge in [0.05, 0.1) is 24.9 Å². The lowest BCUT2D eigenvalue weighted by Crippen LogP contribution is -2.22. The third-order valence-corrected chi connectivity index (χ3v) is 2.71. The first-order chi connectivity index (χ1) is 8.42. The molecule has 0 aliphatic carbocycles. The van der Waals surface area contributed by atoms with Gasteiger partial charge >= 0.3 is 0 Å². The molecule has 4 heteroatoms. The van der Waals surface area contributed by atoms with E-state index in [9.17, 15) is 0 Å². The SMILES string of the molecule is CCCNC(C)c1cnn(CCOC(C)(C)C)c1. The second-order valence-corrected chi connectivity index (χ2v) is 5.67. The van der Waals surface area contributed by atoms with Crippen molar-refractivity contribution in [1.29, 1.82) is 0 Å². The van der Waals surface area contributed by atoms with E-state index < -0.39 is 0 Å². The average molecular weight is 253 g/mol. The highest BCUT2D eigenvalue weighted by molar-refractivity contribution is 5.09. The van der Waals surface area contributed by atoms with Crippen molar-refractivity contribution in [3.8, 4) is 0 Å². The Kier molecular flexibility index (Phi) is 5.82. The second kappa shape index (κ2) is 6.90. The maximum absolute atomic E-state index is 5.69. The predicted octanol–water partition coefficient (Wildman–Crippen LogP) is 2.76. The minimum absolute atomic E-state index is 0.0774. The van der Waals surface area contributed by atoms with Crippen LogP contribution in [-0.2, 0) is 11.3 Å². The van der Waals surface area contributed by atoms with Crippen LogP contribution in [0.4, 0.5) is 0 Å². The molecule has 0 radical (unpaired) electrons. The van der Waals surface area contributed by atoms with Gasteiger partial charge in [0, 0.05) is 17.8 Å². The van der Waals surface area contributed by atoms with Crippen molar-refractivity contribution in [3.63, 3.8) is 0 Å². The monoisotopic (exact) mass is 253 g/mol. The molecule has 0 bridgehead atoms. The van der Waals surface area contributed by atoms with E-state index in [0.717, 1.165) is 19.5 Å². The van der Waals surface area contributed by atoms with Crippen LogP contribution in [0.15, 0.2) is 12.4 Å². The molecule has 1 N–H and O–H groups in total. The third kappa shape index (κ3) is 5.65. The molecule has 0 aliphatic rings. The minimum Gasteiger partial charge on any atom is -0.374 e. The summed E-state index contributed by atoms with van der Waals surface area (Å²) in [4.78, 5) is 0. The van der Waals surface area contributed by atoms with E-state index in [4.69, 9.17) is 4.74 Å². The molecular formula is C14H27N3O. The molecule has 1 heterocycles. The molecular weight excluding hydrogens is 226 g/mol. The van der Waals surface area contributed by atoms with E-state index >= 15 is 0 Å². The molecule has 104 valence electrons. The molecule has 0 saturated heterocycles. The molecule has 0 aromatic carbocycles. The number of hydrogen-bond acceptors (Lipinski definition) is 3. The van der Waals surface area contributed by atoms with Crippen molar-refractivity contribution in [2.45, 2.75) is 59.2 Å². The summed E-state index contributed by atoms with van der Waals surface area (Å²) in [6.07, 6.45) is 5.18. The van der Waals surface area contributed by atoms with Crippen LogP contribution in [0.3, 0.4) is 0 Å². The maximum atomic E-state index is 5.69. The van der Waals surface area contributed by atoms with Crippen molar-refractivity contribution in [1.82, 2.24) is 15.1 Å². The molecule has 4 nitrogen and oxygen atoms in total. The molecule has 1 unspecified atom stereocenters. The Morgan fingerprint density at radius 1 is 1.44 bits per heavy atom. The van der Waals surface area contributed by atoms with Gasteiger partial charge in [-0.05, 0) is 40.7 Å². The van der Waals surface area contributed by atoms with Gasteiger partial charge in [-0.15, -0.1) is 0 Å². The Bertz CT molecular complexity index is 341. The standard InChI is InChI=1S/C14H27N3O/c1-6-7-15-12(2)13-10-16-17(11-13)8-9-18-14(3,4)5/h10-12,15H,6-9H2,1-5H3. The summed E-state index contributed by atoms with van der Waals surface area (Å²) in [6.45, 7) is 13.1. The van der Waals surface area contributed by atoms with Gasteiger partial charge in [-0.2, -0.15) is 5.10 Å². The summed E-state index contributed by atoms with van der Waals surface area (Å²) in [5, 5.41) is 7.82. The first kappa shape index (κ1) is 15.2. The molecule has 1 aromatic heterocycles. The number of nitrogens with zero attached hydrogens (tertiary/aromatic N) is 2. The van der Waals surface area contributed by atoms with Crippen LogP contribution < -0.4 is 5.32 Å². The molecule has 1 atom stereocenters. The highest BCUT2D eigenvalue weighted by atomic mass is 16.5. The van der Waals surface area contributed by atoms with Gasteiger partial charge in [0.25, 0.3) is 0 Å². The van der Waals surface area contributed by atoms with Crippen LogP contribution in [0.5, 0.6) is 0 Å². The Balaban J connectivity index is 2.38. The Morgan fingerprint density at radius 2 is 2.17 bits per heavy atom. The summed E-state index contributed by atoms with van der Waals surface area (Å²) in [7, 11) is 0. The van der Waals surface area contributed by atoms with Crippen molar-refractivity contribution in [3.05, 3.63) is 18.0 Å². The van der Waals surface area contributed by atoms with E-state index in [-0.39, 0.29) is 5.60 Å². The van der Waals surface area contributed by atoms with Gasteiger partial charge in [-0.1, -0.05) is 6.92 Å². The summed E-state index contributed by atoms with van der Waals surface area (Å²) >= 11 is 0. The van der Waals surface area contributed by atoms with Gasteiger partial charge < -0.3 is 10.1 Å². The Labute approximate surface area is 111 Å². The lowest BCUT2D eigenvalue weighted by molar-refractivity contribution is -0.00790. The summed E-state index contributed by atoms with van der Waals surface area (Å²) in [6, 6.07) is 0.363. The molecule has 1 aromatic rings. The Hall–Kier alpha value is -0.870. The highest BCUT2D eigenvalue weighted by Crippen LogP contribution is 2.11. The second-order valence-electron chi connectivity index (χ2n) is 5.67. The maximum Gasteiger partial charge on any atom is 0.0669 e. The summed E-state index contributed by atoms with van der Waals surface area (Å²) < 4.78 is 7.64. The van der Waals surface area contributed by atoms with E-state index in [1.54, 1.807) is 0 Å². The largest absolute Gasteiger partial charge is 0.374 e. The van der Waals surface area contributed by atoms with Gasteiger partial charge in [-0.3, -0.25) is 4.68 Å². The molecule has 0 saturated carbocycles. The van der Waals surface area contributed by atoms with E-state index in [1.165, 1.54) is 5.56 Å². The fourth-order valence-electron chi connectivity index (χ4n) is 1.65. The minimum atomic E-state index is -0.0774. The molecule has 1 rings (SSSR count). The highest BCUT2D eigenvalue weighted by Gasteiger charge is 2.10. The number of ether oxygens (including phenoxy) is 1. The molecule has 0 aliphatic heterocycles. The van der Waals surface area contributed by atoms with Gasteiger partial charge in [0.1, 0.15) is 0 Å². The lowest BCUT2D eigenvalue weighted by Gasteiger charge is -2.19. The zero-order chi connectivity index (χ0) is 13.6. The number of aromatic nitrogens is 2. The summed E-state index contributed by atoms with van der Waals surface area (Å²) in [5.41, 5.74) is 1.16. The van der Waals surface area contributed by atoms with E-state index in [1.807, 2.05) is 10.9 Å². The molecule has 0 fully saturated rings.